The molecule has 0 saturated carbocycles. The zero-order valence-electron chi connectivity index (χ0n) is 25.2. The summed E-state index contributed by atoms with van der Waals surface area (Å²) in [6.07, 6.45) is 4.91. The molecule has 217 valence electrons. The Labute approximate surface area is 253 Å². The molecule has 40 heavy (non-hydrogen) atoms. The predicted octanol–water partition coefficient (Wildman–Crippen LogP) is 9.92. The number of hydrogen-bond acceptors (Lipinski definition) is 4. The van der Waals surface area contributed by atoms with E-state index in [1.807, 2.05) is 46.8 Å². The molecule has 1 N–H and O–H groups in total. The SMILES string of the molecule is CCC(CC)C(=O)/C=C(\O)C(CC)CC.Cc1cc2ccc(-c3[c-]c4ccccc4c(C(C)(C)C)c3)nc2o1.[Ir]. The molecular weight excluding hydrogens is 675 g/mol. The molecule has 2 aromatic carbocycles. The van der Waals surface area contributed by atoms with Crippen LogP contribution in [-0.4, -0.2) is 15.9 Å². The maximum Gasteiger partial charge on any atom is 0.219 e. The van der Waals surface area contributed by atoms with Crippen LogP contribution in [0.3, 0.4) is 0 Å². The average Bonchev–Trinajstić information content (AvgIpc) is 3.28. The maximum atomic E-state index is 11.7. The molecule has 2 heterocycles. The van der Waals surface area contributed by atoms with Crippen LogP contribution >= 0.6 is 0 Å². The Bertz CT molecular complexity index is 1440. The van der Waals surface area contributed by atoms with E-state index in [4.69, 9.17) is 9.40 Å². The number of hydrogen-bond donors (Lipinski definition) is 1. The summed E-state index contributed by atoms with van der Waals surface area (Å²) in [5.41, 5.74) is 3.95. The molecule has 0 aliphatic rings. The van der Waals surface area contributed by atoms with Crippen molar-refractivity contribution in [3.8, 4) is 11.3 Å². The van der Waals surface area contributed by atoms with Crippen LogP contribution in [0.4, 0.5) is 0 Å². The number of aryl methyl sites for hydroxylation is 1. The second-order valence-electron chi connectivity index (χ2n) is 11.3. The standard InChI is InChI=1S/C22H20NO.C13H24O2.Ir/c1-14-11-16-9-10-20(23-21(16)24-14)17-12-15-7-5-6-8-18(15)19(13-17)22(2,3)4;1-5-10(6-2)12(14)9-13(15)11(7-3)8-4;/h5-11,13H,1-4H3;9-11,14H,5-8H2,1-4H3;/q-1;;/b;12-9-;. The van der Waals surface area contributed by atoms with Gasteiger partial charge in [0.05, 0.1) is 5.76 Å². The number of aliphatic hydroxyl groups excluding tert-OH is 1. The van der Waals surface area contributed by atoms with Gasteiger partial charge in [-0.05, 0) is 44.1 Å². The van der Waals surface area contributed by atoms with E-state index in [0.29, 0.717) is 5.71 Å². The van der Waals surface area contributed by atoms with Crippen molar-refractivity contribution in [1.29, 1.82) is 0 Å². The van der Waals surface area contributed by atoms with Crippen LogP contribution in [0.15, 0.2) is 64.8 Å². The Balaban J connectivity index is 0.000000307. The fourth-order valence-corrected chi connectivity index (χ4v) is 4.96. The third kappa shape index (κ3) is 8.15. The third-order valence-corrected chi connectivity index (χ3v) is 7.45. The molecule has 5 heteroatoms. The van der Waals surface area contributed by atoms with Gasteiger partial charge in [-0.15, -0.1) is 29.1 Å². The molecule has 0 spiro atoms. The molecule has 0 aliphatic heterocycles. The molecule has 1 radical (unpaired) electrons. The molecule has 0 saturated heterocycles. The number of aliphatic hydroxyl groups is 1. The summed E-state index contributed by atoms with van der Waals surface area (Å²) in [6, 6.07) is 20.3. The second-order valence-corrected chi connectivity index (χ2v) is 11.3. The molecule has 0 amide bonds. The first-order chi connectivity index (χ1) is 18.5. The minimum atomic E-state index is 0. The summed E-state index contributed by atoms with van der Waals surface area (Å²) in [5.74, 6) is 1.43. The Morgan fingerprint density at radius 3 is 2.20 bits per heavy atom. The molecule has 0 atom stereocenters. The number of pyridine rings is 1. The van der Waals surface area contributed by atoms with Gasteiger partial charge >= 0.3 is 0 Å². The van der Waals surface area contributed by atoms with Crippen LogP contribution in [0.2, 0.25) is 0 Å². The number of benzene rings is 2. The van der Waals surface area contributed by atoms with E-state index in [1.54, 1.807) is 0 Å². The minimum absolute atomic E-state index is 0. The fourth-order valence-electron chi connectivity index (χ4n) is 4.96. The van der Waals surface area contributed by atoms with Crippen molar-refractivity contribution in [2.24, 2.45) is 11.8 Å². The molecular formula is C35H44IrNO3-. The van der Waals surface area contributed by atoms with Crippen molar-refractivity contribution >= 4 is 27.7 Å². The molecule has 4 aromatic rings. The predicted molar refractivity (Wildman–Crippen MR) is 163 cm³/mol. The van der Waals surface area contributed by atoms with Crippen LogP contribution < -0.4 is 0 Å². The van der Waals surface area contributed by atoms with Crippen molar-refractivity contribution in [2.45, 2.75) is 86.5 Å². The molecule has 0 unspecified atom stereocenters. The van der Waals surface area contributed by atoms with E-state index in [1.165, 1.54) is 17.0 Å². The Hall–Kier alpha value is -2.75. The van der Waals surface area contributed by atoms with Gasteiger partial charge in [-0.1, -0.05) is 89.7 Å². The fraction of sp³-hybridized carbons (Fsp3) is 0.429. The van der Waals surface area contributed by atoms with Crippen molar-refractivity contribution in [3.05, 3.63) is 77.8 Å². The largest absolute Gasteiger partial charge is 0.512 e. The number of allylic oxidation sites excluding steroid dienone is 2. The Kier molecular flexibility index (Phi) is 12.3. The zero-order valence-corrected chi connectivity index (χ0v) is 27.6. The number of aromatic nitrogens is 1. The van der Waals surface area contributed by atoms with Crippen LogP contribution in [0.5, 0.6) is 0 Å². The normalized spacial score (nSPS) is 12.0. The Morgan fingerprint density at radius 1 is 0.975 bits per heavy atom. The van der Waals surface area contributed by atoms with Crippen LogP contribution in [0.1, 0.15) is 85.5 Å². The van der Waals surface area contributed by atoms with E-state index in [-0.39, 0.29) is 48.9 Å². The quantitative estimate of drug-likeness (QED) is 0.112. The maximum absolute atomic E-state index is 11.7. The van der Waals surface area contributed by atoms with E-state index in [2.05, 4.69) is 63.2 Å². The van der Waals surface area contributed by atoms with Gasteiger partial charge in [0, 0.05) is 49.1 Å². The summed E-state index contributed by atoms with van der Waals surface area (Å²) in [7, 11) is 0. The van der Waals surface area contributed by atoms with Crippen LogP contribution in [0.25, 0.3) is 33.1 Å². The first-order valence-electron chi connectivity index (χ1n) is 14.3. The summed E-state index contributed by atoms with van der Waals surface area (Å²) in [5, 5.41) is 13.2. The van der Waals surface area contributed by atoms with Crippen molar-refractivity contribution in [3.63, 3.8) is 0 Å². The molecule has 0 fully saturated rings. The van der Waals surface area contributed by atoms with E-state index < -0.39 is 0 Å². The number of furan rings is 1. The van der Waals surface area contributed by atoms with E-state index in [9.17, 15) is 9.90 Å². The summed E-state index contributed by atoms with van der Waals surface area (Å²) < 4.78 is 5.69. The van der Waals surface area contributed by atoms with Gasteiger partial charge < -0.3 is 9.52 Å². The van der Waals surface area contributed by atoms with Gasteiger partial charge in [-0.2, -0.15) is 0 Å². The van der Waals surface area contributed by atoms with Crippen molar-refractivity contribution in [1.82, 2.24) is 4.98 Å². The van der Waals surface area contributed by atoms with Gasteiger partial charge in [0.15, 0.2) is 5.78 Å². The van der Waals surface area contributed by atoms with E-state index in [0.717, 1.165) is 53.5 Å². The summed E-state index contributed by atoms with van der Waals surface area (Å²) in [6.45, 7) is 16.7. The Morgan fingerprint density at radius 2 is 1.60 bits per heavy atom. The number of rotatable bonds is 8. The molecule has 4 rings (SSSR count). The summed E-state index contributed by atoms with van der Waals surface area (Å²) in [4.78, 5) is 16.4. The number of carbonyl (C=O) groups is 1. The van der Waals surface area contributed by atoms with Gasteiger partial charge in [0.1, 0.15) is 5.76 Å². The van der Waals surface area contributed by atoms with E-state index >= 15 is 0 Å². The van der Waals surface area contributed by atoms with Gasteiger partial charge in [-0.25, -0.2) is 0 Å². The average molecular weight is 719 g/mol. The van der Waals surface area contributed by atoms with Crippen molar-refractivity contribution in [2.75, 3.05) is 0 Å². The van der Waals surface area contributed by atoms with Crippen LogP contribution in [0, 0.1) is 24.8 Å². The minimum Gasteiger partial charge on any atom is -0.512 e. The topological polar surface area (TPSA) is 63.3 Å². The second kappa shape index (κ2) is 14.8. The number of carbonyl (C=O) groups excluding carboxylic acids is 1. The van der Waals surface area contributed by atoms with Gasteiger partial charge in [0.2, 0.25) is 5.71 Å². The molecule has 2 aromatic heterocycles. The smallest absolute Gasteiger partial charge is 0.219 e. The van der Waals surface area contributed by atoms with Crippen molar-refractivity contribution < 1.29 is 34.4 Å². The number of nitrogens with zero attached hydrogens (tertiary/aromatic N) is 1. The molecule has 0 aliphatic carbocycles. The third-order valence-electron chi connectivity index (χ3n) is 7.45. The number of ketones is 1. The monoisotopic (exact) mass is 719 g/mol. The zero-order chi connectivity index (χ0) is 28.7. The molecule has 4 nitrogen and oxygen atoms in total. The van der Waals surface area contributed by atoms with Gasteiger partial charge in [-0.3, -0.25) is 9.78 Å². The van der Waals surface area contributed by atoms with Crippen LogP contribution in [-0.2, 0) is 30.3 Å². The summed E-state index contributed by atoms with van der Waals surface area (Å²) >= 11 is 0. The number of fused-ring (bicyclic) bond motifs is 2. The van der Waals surface area contributed by atoms with Gasteiger partial charge in [0.25, 0.3) is 0 Å². The first-order valence-corrected chi connectivity index (χ1v) is 14.3. The molecule has 0 bridgehead atoms. The first kappa shape index (κ1) is 33.5.